The Balaban J connectivity index is 3.37. The third-order valence-electron chi connectivity index (χ3n) is 2.39. The molecule has 0 unspecified atom stereocenters. The predicted octanol–water partition coefficient (Wildman–Crippen LogP) is 2.69. The molecule has 7 heteroatoms. The molecule has 0 spiro atoms. The summed E-state index contributed by atoms with van der Waals surface area (Å²) in [4.78, 5) is 11.1. The van der Waals surface area contributed by atoms with Crippen molar-refractivity contribution in [2.45, 2.75) is 6.92 Å². The average Bonchev–Trinajstić information content (AvgIpc) is 2.40. The van der Waals surface area contributed by atoms with Crippen LogP contribution in [0.5, 0.6) is 0 Å². The van der Waals surface area contributed by atoms with E-state index in [9.17, 15) is 4.79 Å². The fraction of sp³-hybridized carbons (Fsp3) is 0.0769. The largest absolute Gasteiger partial charge is 0.478 e. The number of carboxylic acid groups (broad SMARTS) is 1. The maximum Gasteiger partial charge on any atom is 0.336 e. The highest BCUT2D eigenvalue weighted by atomic mass is 79.9. The number of aromatic carboxylic acids is 1. The molecule has 0 bridgehead atoms. The summed E-state index contributed by atoms with van der Waals surface area (Å²) < 4.78 is 0.517. The van der Waals surface area contributed by atoms with Crippen LogP contribution in [0.3, 0.4) is 0 Å². The minimum absolute atomic E-state index is 0.0588. The van der Waals surface area contributed by atoms with Gasteiger partial charge in [-0.3, -0.25) is 0 Å². The summed E-state index contributed by atoms with van der Waals surface area (Å²) in [5.41, 5.74) is 0.266. The smallest absolute Gasteiger partial charge is 0.336 e. The van der Waals surface area contributed by atoms with Crippen LogP contribution in [-0.4, -0.2) is 11.1 Å². The Bertz CT molecular complexity index is 716. The molecule has 0 radical (unpaired) electrons. The number of nitriles is 3. The lowest BCUT2D eigenvalue weighted by Gasteiger charge is -2.10. The van der Waals surface area contributed by atoms with Crippen LogP contribution in [0.25, 0.3) is 0 Å². The molecule has 0 atom stereocenters. The van der Waals surface area contributed by atoms with Crippen LogP contribution in [0.1, 0.15) is 15.9 Å². The number of benzene rings is 1. The number of aryl methyl sites for hydroxylation is 1. The van der Waals surface area contributed by atoms with Gasteiger partial charge in [0.05, 0.1) is 11.3 Å². The van der Waals surface area contributed by atoms with E-state index >= 15 is 0 Å². The molecule has 1 rings (SSSR count). The molecule has 0 fully saturated rings. The maximum atomic E-state index is 11.1. The van der Waals surface area contributed by atoms with Crippen LogP contribution in [-0.2, 0) is 0 Å². The van der Waals surface area contributed by atoms with Gasteiger partial charge in [0.2, 0.25) is 0 Å². The first-order valence-corrected chi connectivity index (χ1v) is 5.99. The monoisotopic (exact) mass is 330 g/mol. The zero-order chi connectivity index (χ0) is 15.3. The number of hydrogen-bond donors (Lipinski definition) is 2. The third kappa shape index (κ3) is 3.14. The molecule has 1 aromatic rings. The number of carboxylic acids is 1. The van der Waals surface area contributed by atoms with Crippen molar-refractivity contribution < 1.29 is 9.90 Å². The Morgan fingerprint density at radius 2 is 1.85 bits per heavy atom. The molecule has 0 aromatic heterocycles. The van der Waals surface area contributed by atoms with Crippen molar-refractivity contribution in [3.05, 3.63) is 39.0 Å². The van der Waals surface area contributed by atoms with Crippen molar-refractivity contribution in [2.24, 2.45) is 0 Å². The van der Waals surface area contributed by atoms with E-state index in [2.05, 4.69) is 21.2 Å². The van der Waals surface area contributed by atoms with Crippen LogP contribution in [0, 0.1) is 40.9 Å². The molecular formula is C13H7BrN4O2. The Labute approximate surface area is 123 Å². The number of carbonyl (C=O) groups is 1. The molecule has 0 aliphatic carbocycles. The van der Waals surface area contributed by atoms with Gasteiger partial charge in [-0.15, -0.1) is 0 Å². The molecule has 98 valence electrons. The zero-order valence-corrected chi connectivity index (χ0v) is 11.8. The topological polar surface area (TPSA) is 121 Å². The van der Waals surface area contributed by atoms with Crippen LogP contribution < -0.4 is 5.32 Å². The standard InChI is InChI=1S/C13H7BrN4O2/c1-7-2-10(14)11(3-9(7)13(19)20)18-12(6-17)8(4-15)5-16/h2-3,18H,1H3,(H,19,20). The highest BCUT2D eigenvalue weighted by Crippen LogP contribution is 2.28. The van der Waals surface area contributed by atoms with Gasteiger partial charge in [-0.1, -0.05) is 0 Å². The summed E-state index contributed by atoms with van der Waals surface area (Å²) in [7, 11) is 0. The molecule has 0 saturated heterocycles. The number of allylic oxidation sites excluding steroid dienone is 2. The predicted molar refractivity (Wildman–Crippen MR) is 73.3 cm³/mol. The number of anilines is 1. The maximum absolute atomic E-state index is 11.1. The van der Waals surface area contributed by atoms with Gasteiger partial charge in [-0.05, 0) is 40.5 Å². The van der Waals surface area contributed by atoms with Crippen LogP contribution in [0.2, 0.25) is 0 Å². The van der Waals surface area contributed by atoms with E-state index in [1.165, 1.54) is 6.07 Å². The second-order valence-corrected chi connectivity index (χ2v) is 4.52. The van der Waals surface area contributed by atoms with Gasteiger partial charge in [0.15, 0.2) is 5.57 Å². The summed E-state index contributed by atoms with van der Waals surface area (Å²) in [6.07, 6.45) is 0. The molecule has 0 aliphatic heterocycles. The molecule has 0 aliphatic rings. The van der Waals surface area contributed by atoms with Gasteiger partial charge >= 0.3 is 5.97 Å². The summed E-state index contributed by atoms with van der Waals surface area (Å²) in [5, 5.41) is 38.0. The van der Waals surface area contributed by atoms with E-state index < -0.39 is 5.97 Å². The normalized spacial score (nSPS) is 8.75. The molecule has 0 saturated carbocycles. The summed E-state index contributed by atoms with van der Waals surface area (Å²) in [5.74, 6) is -1.11. The lowest BCUT2D eigenvalue weighted by molar-refractivity contribution is 0.0696. The van der Waals surface area contributed by atoms with Gasteiger partial charge < -0.3 is 10.4 Å². The fourth-order valence-electron chi connectivity index (χ4n) is 1.42. The van der Waals surface area contributed by atoms with E-state index in [-0.39, 0.29) is 22.5 Å². The number of nitrogens with one attached hydrogen (secondary N) is 1. The first-order valence-electron chi connectivity index (χ1n) is 5.19. The molecular weight excluding hydrogens is 324 g/mol. The van der Waals surface area contributed by atoms with Crippen molar-refractivity contribution in [3.63, 3.8) is 0 Å². The first-order chi connectivity index (χ1) is 9.44. The van der Waals surface area contributed by atoms with Crippen molar-refractivity contribution in [1.29, 1.82) is 15.8 Å². The van der Waals surface area contributed by atoms with Gasteiger partial charge in [0.1, 0.15) is 23.9 Å². The van der Waals surface area contributed by atoms with E-state index in [0.717, 1.165) is 0 Å². The third-order valence-corrected chi connectivity index (χ3v) is 3.05. The van der Waals surface area contributed by atoms with Gasteiger partial charge in [-0.25, -0.2) is 4.79 Å². The average molecular weight is 331 g/mol. The first kappa shape index (κ1) is 15.2. The number of halogens is 1. The molecule has 1 aromatic carbocycles. The van der Waals surface area contributed by atoms with Crippen molar-refractivity contribution >= 4 is 27.6 Å². The molecule has 20 heavy (non-hydrogen) atoms. The molecule has 0 heterocycles. The minimum atomic E-state index is -1.11. The molecule has 2 N–H and O–H groups in total. The highest BCUT2D eigenvalue weighted by Gasteiger charge is 2.13. The number of nitrogens with zero attached hydrogens (tertiary/aromatic N) is 3. The second kappa shape index (κ2) is 6.38. The zero-order valence-electron chi connectivity index (χ0n) is 10.2. The highest BCUT2D eigenvalue weighted by molar-refractivity contribution is 9.10. The van der Waals surface area contributed by atoms with Crippen LogP contribution in [0.15, 0.2) is 27.9 Å². The Morgan fingerprint density at radius 3 is 2.30 bits per heavy atom. The van der Waals surface area contributed by atoms with Crippen LogP contribution >= 0.6 is 15.9 Å². The summed E-state index contributed by atoms with van der Waals surface area (Å²) >= 11 is 3.23. The summed E-state index contributed by atoms with van der Waals surface area (Å²) in [6.45, 7) is 1.63. The second-order valence-electron chi connectivity index (χ2n) is 3.66. The lowest BCUT2D eigenvalue weighted by atomic mass is 10.1. The Morgan fingerprint density at radius 1 is 1.25 bits per heavy atom. The van der Waals surface area contributed by atoms with Crippen molar-refractivity contribution in [1.82, 2.24) is 0 Å². The fourth-order valence-corrected chi connectivity index (χ4v) is 1.97. The van der Waals surface area contributed by atoms with Crippen molar-refractivity contribution in [3.8, 4) is 18.2 Å². The Hall–Kier alpha value is -2.82. The van der Waals surface area contributed by atoms with Crippen molar-refractivity contribution in [2.75, 3.05) is 5.32 Å². The SMILES string of the molecule is Cc1cc(Br)c(NC(C#N)=C(C#N)C#N)cc1C(=O)O. The van der Waals surface area contributed by atoms with E-state index in [4.69, 9.17) is 20.9 Å². The van der Waals surface area contributed by atoms with Crippen LogP contribution in [0.4, 0.5) is 5.69 Å². The van der Waals surface area contributed by atoms with E-state index in [1.807, 2.05) is 0 Å². The van der Waals surface area contributed by atoms with Gasteiger partial charge in [0.25, 0.3) is 0 Å². The number of rotatable bonds is 3. The molecule has 6 nitrogen and oxygen atoms in total. The van der Waals surface area contributed by atoms with Gasteiger partial charge in [-0.2, -0.15) is 15.8 Å². The minimum Gasteiger partial charge on any atom is -0.478 e. The van der Waals surface area contributed by atoms with E-state index in [0.29, 0.717) is 10.0 Å². The Kier molecular flexibility index (Phi) is 4.86. The molecule has 0 amide bonds. The van der Waals surface area contributed by atoms with E-state index in [1.54, 1.807) is 31.2 Å². The van der Waals surface area contributed by atoms with Gasteiger partial charge in [0, 0.05) is 4.47 Å². The lowest BCUT2D eigenvalue weighted by Crippen LogP contribution is -2.05. The quantitative estimate of drug-likeness (QED) is 0.822. The number of hydrogen-bond acceptors (Lipinski definition) is 5. The summed E-state index contributed by atoms with van der Waals surface area (Å²) in [6, 6.07) is 7.78.